The molecule has 0 saturated heterocycles. The van der Waals surface area contributed by atoms with Crippen molar-refractivity contribution in [2.24, 2.45) is 0 Å². The standard InChI is InChI=1S/C6H2ClF4N/c7-4-2-1-3(8)5(12-4)6(9,10)11/h1-2H. The predicted octanol–water partition coefficient (Wildman–Crippen LogP) is 2.89. The number of rotatable bonds is 0. The molecule has 0 fully saturated rings. The van der Waals surface area contributed by atoms with Crippen molar-refractivity contribution in [3.63, 3.8) is 0 Å². The molecule has 0 aliphatic rings. The van der Waals surface area contributed by atoms with Crippen LogP contribution < -0.4 is 0 Å². The lowest BCUT2D eigenvalue weighted by Crippen LogP contribution is -2.10. The first-order valence-corrected chi connectivity index (χ1v) is 3.18. The molecule has 1 aromatic rings. The molecule has 0 aromatic carbocycles. The molecule has 0 aliphatic heterocycles. The molecule has 0 saturated carbocycles. The molecule has 0 unspecified atom stereocenters. The third kappa shape index (κ3) is 1.85. The van der Waals surface area contributed by atoms with E-state index >= 15 is 0 Å². The van der Waals surface area contributed by atoms with Gasteiger partial charge in [0.05, 0.1) is 0 Å². The predicted molar refractivity (Wildman–Crippen MR) is 34.2 cm³/mol. The summed E-state index contributed by atoms with van der Waals surface area (Å²) < 4.78 is 48.0. The molecule has 6 heteroatoms. The first kappa shape index (κ1) is 9.25. The molecule has 12 heavy (non-hydrogen) atoms. The first-order valence-electron chi connectivity index (χ1n) is 2.80. The van der Waals surface area contributed by atoms with Gasteiger partial charge in [-0.3, -0.25) is 0 Å². The molecule has 0 amide bonds. The third-order valence-electron chi connectivity index (χ3n) is 1.08. The first-order chi connectivity index (χ1) is 5.41. The highest BCUT2D eigenvalue weighted by Gasteiger charge is 2.36. The van der Waals surface area contributed by atoms with Crippen molar-refractivity contribution in [2.45, 2.75) is 6.18 Å². The van der Waals surface area contributed by atoms with Crippen LogP contribution in [0.4, 0.5) is 17.6 Å². The summed E-state index contributed by atoms with van der Waals surface area (Å²) >= 11 is 5.15. The molecule has 0 N–H and O–H groups in total. The Morgan fingerprint density at radius 2 is 1.83 bits per heavy atom. The van der Waals surface area contributed by atoms with Crippen LogP contribution >= 0.6 is 11.6 Å². The van der Waals surface area contributed by atoms with Crippen LogP contribution in [0, 0.1) is 5.82 Å². The van der Waals surface area contributed by atoms with Crippen molar-refractivity contribution in [2.75, 3.05) is 0 Å². The minimum absolute atomic E-state index is 0.385. The summed E-state index contributed by atoms with van der Waals surface area (Å²) in [5, 5.41) is -0.385. The minimum atomic E-state index is -4.80. The molecule has 66 valence electrons. The van der Waals surface area contributed by atoms with Gasteiger partial charge in [0, 0.05) is 0 Å². The van der Waals surface area contributed by atoms with Gasteiger partial charge >= 0.3 is 6.18 Å². The zero-order valence-corrected chi connectivity index (χ0v) is 6.25. The van der Waals surface area contributed by atoms with Gasteiger partial charge in [-0.1, -0.05) is 11.6 Å². The van der Waals surface area contributed by atoms with Crippen LogP contribution in [0.5, 0.6) is 0 Å². The van der Waals surface area contributed by atoms with Crippen molar-refractivity contribution in [3.8, 4) is 0 Å². The molecule has 1 aromatic heterocycles. The van der Waals surface area contributed by atoms with Crippen molar-refractivity contribution in [3.05, 3.63) is 28.8 Å². The fraction of sp³-hybridized carbons (Fsp3) is 0.167. The highest BCUT2D eigenvalue weighted by Crippen LogP contribution is 2.30. The number of pyridine rings is 1. The lowest BCUT2D eigenvalue weighted by Gasteiger charge is -2.05. The second-order valence-electron chi connectivity index (χ2n) is 1.96. The molecule has 1 rings (SSSR count). The minimum Gasteiger partial charge on any atom is -0.229 e. The highest BCUT2D eigenvalue weighted by molar-refractivity contribution is 6.29. The van der Waals surface area contributed by atoms with Crippen LogP contribution in [0.2, 0.25) is 5.15 Å². The molecule has 0 spiro atoms. The normalized spacial score (nSPS) is 11.8. The van der Waals surface area contributed by atoms with Crippen LogP contribution in [0.3, 0.4) is 0 Å². The molecule has 1 nitrogen and oxygen atoms in total. The molecule has 0 radical (unpaired) electrons. The number of halogens is 5. The monoisotopic (exact) mass is 199 g/mol. The molecule has 0 bridgehead atoms. The van der Waals surface area contributed by atoms with E-state index in [-0.39, 0.29) is 5.15 Å². The number of aromatic nitrogens is 1. The van der Waals surface area contributed by atoms with E-state index in [0.29, 0.717) is 6.07 Å². The lowest BCUT2D eigenvalue weighted by molar-refractivity contribution is -0.143. The van der Waals surface area contributed by atoms with Gasteiger partial charge in [-0.25, -0.2) is 9.37 Å². The maximum Gasteiger partial charge on any atom is 0.436 e. The largest absolute Gasteiger partial charge is 0.436 e. The van der Waals surface area contributed by atoms with E-state index in [1.165, 1.54) is 0 Å². The zero-order valence-electron chi connectivity index (χ0n) is 5.49. The maximum absolute atomic E-state index is 12.4. The van der Waals surface area contributed by atoms with Crippen LogP contribution in [0.25, 0.3) is 0 Å². The van der Waals surface area contributed by atoms with Crippen molar-refractivity contribution >= 4 is 11.6 Å². The zero-order chi connectivity index (χ0) is 9.35. The van der Waals surface area contributed by atoms with Crippen molar-refractivity contribution in [1.82, 2.24) is 4.98 Å². The Kier molecular flexibility index (Phi) is 2.23. The Morgan fingerprint density at radius 3 is 2.25 bits per heavy atom. The van der Waals surface area contributed by atoms with E-state index < -0.39 is 17.7 Å². The average Bonchev–Trinajstić information content (AvgIpc) is 1.92. The summed E-state index contributed by atoms with van der Waals surface area (Å²) in [5.74, 6) is -1.42. The van der Waals surface area contributed by atoms with E-state index in [4.69, 9.17) is 11.6 Å². The van der Waals surface area contributed by atoms with E-state index in [1.807, 2.05) is 0 Å². The highest BCUT2D eigenvalue weighted by atomic mass is 35.5. The van der Waals surface area contributed by atoms with Gasteiger partial charge in [-0.05, 0) is 12.1 Å². The molecule has 1 heterocycles. The Hall–Kier alpha value is -0.840. The number of alkyl halides is 3. The van der Waals surface area contributed by atoms with Crippen LogP contribution in [0.15, 0.2) is 12.1 Å². The summed E-state index contributed by atoms with van der Waals surface area (Å²) in [6, 6.07) is 1.57. The van der Waals surface area contributed by atoms with E-state index in [9.17, 15) is 17.6 Å². The third-order valence-corrected chi connectivity index (χ3v) is 1.29. The van der Waals surface area contributed by atoms with E-state index in [0.717, 1.165) is 6.07 Å². The van der Waals surface area contributed by atoms with Gasteiger partial charge in [0.15, 0.2) is 11.5 Å². The van der Waals surface area contributed by atoms with Crippen LogP contribution in [0.1, 0.15) is 5.69 Å². The number of hydrogen-bond acceptors (Lipinski definition) is 1. The molecule has 0 aliphatic carbocycles. The van der Waals surface area contributed by atoms with Gasteiger partial charge in [0.25, 0.3) is 0 Å². The second-order valence-corrected chi connectivity index (χ2v) is 2.35. The SMILES string of the molecule is Fc1ccc(Cl)nc1C(F)(F)F. The topological polar surface area (TPSA) is 12.9 Å². The molecular formula is C6H2ClF4N. The fourth-order valence-corrected chi connectivity index (χ4v) is 0.765. The van der Waals surface area contributed by atoms with Gasteiger partial charge in [0.1, 0.15) is 5.15 Å². The summed E-state index contributed by atoms with van der Waals surface area (Å²) in [5.41, 5.74) is -1.59. The van der Waals surface area contributed by atoms with Crippen molar-refractivity contribution < 1.29 is 17.6 Å². The Morgan fingerprint density at radius 1 is 1.25 bits per heavy atom. The van der Waals surface area contributed by atoms with Crippen LogP contribution in [-0.2, 0) is 6.18 Å². The number of nitrogens with zero attached hydrogens (tertiary/aromatic N) is 1. The average molecular weight is 200 g/mol. The molecule has 0 atom stereocenters. The second kappa shape index (κ2) is 2.90. The Balaban J connectivity index is 3.23. The van der Waals surface area contributed by atoms with Crippen LogP contribution in [-0.4, -0.2) is 4.98 Å². The summed E-state index contributed by atoms with van der Waals surface area (Å²) in [4.78, 5) is 2.81. The number of hydrogen-bond donors (Lipinski definition) is 0. The Bertz CT molecular complexity index is 296. The van der Waals surface area contributed by atoms with Crippen molar-refractivity contribution in [1.29, 1.82) is 0 Å². The summed E-state index contributed by atoms with van der Waals surface area (Å²) in [7, 11) is 0. The summed E-state index contributed by atoms with van der Waals surface area (Å²) in [6.45, 7) is 0. The van der Waals surface area contributed by atoms with E-state index in [1.54, 1.807) is 0 Å². The van der Waals surface area contributed by atoms with Gasteiger partial charge in [-0.15, -0.1) is 0 Å². The quantitative estimate of drug-likeness (QED) is 0.463. The van der Waals surface area contributed by atoms with E-state index in [2.05, 4.69) is 4.98 Å². The fourth-order valence-electron chi connectivity index (χ4n) is 0.617. The lowest BCUT2D eigenvalue weighted by atomic mass is 10.3. The van der Waals surface area contributed by atoms with Gasteiger partial charge < -0.3 is 0 Å². The van der Waals surface area contributed by atoms with Gasteiger partial charge in [-0.2, -0.15) is 13.2 Å². The molecular weight excluding hydrogens is 198 g/mol. The summed E-state index contributed by atoms with van der Waals surface area (Å²) in [6.07, 6.45) is -4.80. The smallest absolute Gasteiger partial charge is 0.229 e. The van der Waals surface area contributed by atoms with Gasteiger partial charge in [0.2, 0.25) is 0 Å². The Labute approximate surface area is 70.0 Å². The maximum atomic E-state index is 12.4.